The third-order valence-electron chi connectivity index (χ3n) is 5.97. The summed E-state index contributed by atoms with van der Waals surface area (Å²) in [7, 11) is -0.540. The van der Waals surface area contributed by atoms with Crippen LogP contribution in [0.25, 0.3) is 0 Å². The first-order valence-electron chi connectivity index (χ1n) is 10.4. The molecule has 1 aliphatic heterocycles. The third kappa shape index (κ3) is 5.96. The van der Waals surface area contributed by atoms with Crippen LogP contribution in [0.2, 0.25) is 5.02 Å². The zero-order valence-corrected chi connectivity index (χ0v) is 20.3. The first-order valence-corrected chi connectivity index (χ1v) is 12.6. The van der Waals surface area contributed by atoms with Crippen LogP contribution in [0, 0.1) is 5.82 Å². The van der Waals surface area contributed by atoms with E-state index < -0.39 is 21.4 Å². The van der Waals surface area contributed by atoms with Crippen molar-refractivity contribution < 1.29 is 31.3 Å². The van der Waals surface area contributed by atoms with E-state index in [0.29, 0.717) is 37.4 Å². The number of hydrogen-bond donors (Lipinski definition) is 0. The minimum Gasteiger partial charge on any atom is -0.493 e. The Labute approximate surface area is 198 Å². The summed E-state index contributed by atoms with van der Waals surface area (Å²) in [6.45, 7) is 0.715. The maximum absolute atomic E-state index is 14.2. The van der Waals surface area contributed by atoms with Gasteiger partial charge in [0.25, 0.3) is 10.1 Å². The number of carbonyl (C=O) groups is 1. The monoisotopic (exact) mass is 499 g/mol. The summed E-state index contributed by atoms with van der Waals surface area (Å²) in [6, 6.07) is 9.80. The summed E-state index contributed by atoms with van der Waals surface area (Å²) < 4.78 is 52.9. The van der Waals surface area contributed by atoms with E-state index in [2.05, 4.69) is 0 Å². The lowest BCUT2D eigenvalue weighted by Gasteiger charge is -2.30. The molecule has 10 heteroatoms. The van der Waals surface area contributed by atoms with Crippen molar-refractivity contribution in [1.29, 1.82) is 0 Å². The van der Waals surface area contributed by atoms with Gasteiger partial charge in [0.1, 0.15) is 5.82 Å². The average Bonchev–Trinajstić information content (AvgIpc) is 3.20. The Bertz CT molecular complexity index is 1110. The van der Waals surface area contributed by atoms with Crippen molar-refractivity contribution in [2.75, 3.05) is 40.2 Å². The molecular weight excluding hydrogens is 473 g/mol. The SMILES string of the molecule is COc1ccc([C@@]2(CCOS(C)(=O)=O)CCN(C(=O)Cc3c(F)cccc3Cl)C2)cc1OC. The third-order valence-corrected chi connectivity index (χ3v) is 6.92. The van der Waals surface area contributed by atoms with Crippen LogP contribution in [-0.4, -0.2) is 59.4 Å². The average molecular weight is 500 g/mol. The molecule has 1 amide bonds. The minimum atomic E-state index is -3.61. The number of likely N-dealkylation sites (tertiary alicyclic amines) is 1. The second-order valence-electron chi connectivity index (χ2n) is 8.07. The van der Waals surface area contributed by atoms with E-state index in [1.807, 2.05) is 12.1 Å². The van der Waals surface area contributed by atoms with Gasteiger partial charge >= 0.3 is 0 Å². The largest absolute Gasteiger partial charge is 0.493 e. The molecular formula is C23H27ClFNO6S. The normalized spacial score (nSPS) is 18.4. The summed E-state index contributed by atoms with van der Waals surface area (Å²) in [5, 5.41) is 0.204. The van der Waals surface area contributed by atoms with E-state index in [1.54, 1.807) is 17.0 Å². The Kier molecular flexibility index (Phi) is 7.87. The standard InChI is InChI=1S/C23H27ClFNO6S/c1-30-20-8-7-16(13-21(20)31-2)23(10-12-32-33(3,28)29)9-11-26(15-23)22(27)14-17-18(24)5-4-6-19(17)25/h4-8,13H,9-12,14-15H2,1-3H3/t23-/m1/s1. The lowest BCUT2D eigenvalue weighted by atomic mass is 9.77. The second-order valence-corrected chi connectivity index (χ2v) is 10.1. The van der Waals surface area contributed by atoms with E-state index >= 15 is 0 Å². The van der Waals surface area contributed by atoms with Crippen molar-refractivity contribution in [2.45, 2.75) is 24.7 Å². The molecule has 33 heavy (non-hydrogen) atoms. The fraction of sp³-hybridized carbons (Fsp3) is 0.435. The molecule has 180 valence electrons. The molecule has 1 heterocycles. The molecule has 7 nitrogen and oxygen atoms in total. The van der Waals surface area contributed by atoms with Gasteiger partial charge in [-0.05, 0) is 42.7 Å². The predicted octanol–water partition coefficient (Wildman–Crippen LogP) is 3.58. The molecule has 0 bridgehead atoms. The van der Waals surface area contributed by atoms with Gasteiger partial charge < -0.3 is 14.4 Å². The van der Waals surface area contributed by atoms with E-state index in [4.69, 9.17) is 25.3 Å². The van der Waals surface area contributed by atoms with E-state index in [0.717, 1.165) is 11.8 Å². The number of nitrogens with zero attached hydrogens (tertiary/aromatic N) is 1. The van der Waals surface area contributed by atoms with E-state index in [9.17, 15) is 17.6 Å². The number of ether oxygens (including phenoxy) is 2. The maximum Gasteiger partial charge on any atom is 0.264 e. The van der Waals surface area contributed by atoms with Gasteiger partial charge in [-0.1, -0.05) is 23.7 Å². The number of methoxy groups -OCH3 is 2. The molecule has 1 aliphatic rings. The fourth-order valence-electron chi connectivity index (χ4n) is 4.19. The zero-order valence-electron chi connectivity index (χ0n) is 18.8. The van der Waals surface area contributed by atoms with Gasteiger partial charge in [0.05, 0.1) is 33.5 Å². The number of hydrogen-bond acceptors (Lipinski definition) is 6. The molecule has 1 fully saturated rings. The minimum absolute atomic E-state index is 0.0334. The quantitative estimate of drug-likeness (QED) is 0.490. The van der Waals surface area contributed by atoms with Crippen LogP contribution in [0.1, 0.15) is 24.0 Å². The number of halogens is 2. The van der Waals surface area contributed by atoms with Gasteiger partial charge in [-0.2, -0.15) is 8.42 Å². The molecule has 0 aromatic heterocycles. The summed E-state index contributed by atoms with van der Waals surface area (Å²) in [6.07, 6.45) is 1.78. The van der Waals surface area contributed by atoms with Crippen LogP contribution in [0.15, 0.2) is 36.4 Å². The number of carbonyl (C=O) groups excluding carboxylic acids is 1. The first kappa shape index (κ1) is 25.3. The topological polar surface area (TPSA) is 82.1 Å². The Balaban J connectivity index is 1.87. The van der Waals surface area contributed by atoms with Gasteiger partial charge in [0.15, 0.2) is 11.5 Å². The Morgan fingerprint density at radius 3 is 2.55 bits per heavy atom. The molecule has 0 N–H and O–H groups in total. The van der Waals surface area contributed by atoms with Gasteiger partial charge in [0, 0.05) is 29.1 Å². The highest BCUT2D eigenvalue weighted by Crippen LogP contribution is 2.41. The highest BCUT2D eigenvalue weighted by Gasteiger charge is 2.42. The summed E-state index contributed by atoms with van der Waals surface area (Å²) in [5.74, 6) is 0.307. The van der Waals surface area contributed by atoms with Crippen LogP contribution in [0.5, 0.6) is 11.5 Å². The van der Waals surface area contributed by atoms with Crippen molar-refractivity contribution in [3.05, 3.63) is 58.4 Å². The second kappa shape index (κ2) is 10.3. The van der Waals surface area contributed by atoms with Crippen molar-refractivity contribution in [2.24, 2.45) is 0 Å². The Morgan fingerprint density at radius 2 is 1.91 bits per heavy atom. The molecule has 0 spiro atoms. The summed E-state index contributed by atoms with van der Waals surface area (Å²) >= 11 is 6.10. The molecule has 0 unspecified atom stereocenters. The maximum atomic E-state index is 14.2. The van der Waals surface area contributed by atoms with Gasteiger partial charge in [-0.3, -0.25) is 8.98 Å². The predicted molar refractivity (Wildman–Crippen MR) is 123 cm³/mol. The molecule has 0 aliphatic carbocycles. The van der Waals surface area contributed by atoms with Crippen LogP contribution in [-0.2, 0) is 30.9 Å². The smallest absolute Gasteiger partial charge is 0.264 e. The van der Waals surface area contributed by atoms with Gasteiger partial charge in [-0.15, -0.1) is 0 Å². The zero-order chi connectivity index (χ0) is 24.2. The molecule has 1 saturated heterocycles. The van der Waals surface area contributed by atoms with E-state index in [1.165, 1.54) is 26.4 Å². The van der Waals surface area contributed by atoms with Crippen molar-refractivity contribution in [3.8, 4) is 11.5 Å². The van der Waals surface area contributed by atoms with Crippen LogP contribution in [0.3, 0.4) is 0 Å². The molecule has 2 aromatic carbocycles. The summed E-state index contributed by atoms with van der Waals surface area (Å²) in [5.41, 5.74) is 0.462. The van der Waals surface area contributed by atoms with Gasteiger partial charge in [0.2, 0.25) is 5.91 Å². The number of amides is 1. The lowest BCUT2D eigenvalue weighted by molar-refractivity contribution is -0.129. The first-order chi connectivity index (χ1) is 15.6. The molecule has 1 atom stereocenters. The number of benzene rings is 2. The Hall–Kier alpha value is -2.36. The van der Waals surface area contributed by atoms with Crippen LogP contribution < -0.4 is 9.47 Å². The number of rotatable bonds is 9. The van der Waals surface area contributed by atoms with Crippen molar-refractivity contribution in [1.82, 2.24) is 4.90 Å². The molecule has 2 aromatic rings. The highest BCUT2D eigenvalue weighted by atomic mass is 35.5. The van der Waals surface area contributed by atoms with Gasteiger partial charge in [-0.25, -0.2) is 4.39 Å². The molecule has 0 radical (unpaired) electrons. The molecule has 0 saturated carbocycles. The van der Waals surface area contributed by atoms with Crippen LogP contribution >= 0.6 is 11.6 Å². The Morgan fingerprint density at radius 1 is 1.18 bits per heavy atom. The van der Waals surface area contributed by atoms with Crippen molar-refractivity contribution >= 4 is 27.6 Å². The lowest BCUT2D eigenvalue weighted by Crippen LogP contribution is -2.36. The summed E-state index contributed by atoms with van der Waals surface area (Å²) in [4.78, 5) is 14.7. The van der Waals surface area contributed by atoms with Crippen molar-refractivity contribution in [3.63, 3.8) is 0 Å². The fourth-order valence-corrected chi connectivity index (χ4v) is 4.80. The molecule has 3 rings (SSSR count). The highest BCUT2D eigenvalue weighted by molar-refractivity contribution is 7.85. The van der Waals surface area contributed by atoms with E-state index in [-0.39, 0.29) is 29.5 Å². The van der Waals surface area contributed by atoms with Crippen LogP contribution in [0.4, 0.5) is 4.39 Å².